The zero-order chi connectivity index (χ0) is 17.1. The molecule has 0 fully saturated rings. The van der Waals surface area contributed by atoms with E-state index in [1.54, 1.807) is 42.5 Å². The fourth-order valence-corrected chi connectivity index (χ4v) is 3.13. The fourth-order valence-electron chi connectivity index (χ4n) is 2.20. The van der Waals surface area contributed by atoms with E-state index in [1.165, 1.54) is 29.5 Å². The smallest absolute Gasteiger partial charge is 0.423 e. The molecular weight excluding hydrogens is 328 g/mol. The zero-order valence-electron chi connectivity index (χ0n) is 12.4. The lowest BCUT2D eigenvalue weighted by atomic mass is 9.80. The molecule has 0 aliphatic carbocycles. The van der Waals surface area contributed by atoms with Gasteiger partial charge in [0.1, 0.15) is 5.82 Å². The van der Waals surface area contributed by atoms with Crippen LogP contribution < -0.4 is 10.8 Å². The molecule has 0 radical (unpaired) electrons. The van der Waals surface area contributed by atoms with Crippen LogP contribution in [-0.4, -0.2) is 23.1 Å². The standard InChI is InChI=1S/C17H13BFNO3S/c19-14-4-2-1-3-13(14)15-9-10-16(24-15)17(21)20-12-7-5-11(6-8-12)18(22)23/h1-10,22-23H,(H,20,21). The summed E-state index contributed by atoms with van der Waals surface area (Å²) >= 11 is 1.20. The van der Waals surface area contributed by atoms with Crippen LogP contribution in [0.2, 0.25) is 0 Å². The summed E-state index contributed by atoms with van der Waals surface area (Å²) in [6.45, 7) is 0. The van der Waals surface area contributed by atoms with Crippen molar-refractivity contribution in [1.29, 1.82) is 0 Å². The van der Waals surface area contributed by atoms with Crippen LogP contribution >= 0.6 is 11.3 Å². The Morgan fingerprint density at radius 2 is 1.71 bits per heavy atom. The van der Waals surface area contributed by atoms with Gasteiger partial charge in [0.15, 0.2) is 0 Å². The van der Waals surface area contributed by atoms with E-state index >= 15 is 0 Å². The van der Waals surface area contributed by atoms with Crippen molar-refractivity contribution < 1.29 is 19.2 Å². The lowest BCUT2D eigenvalue weighted by Gasteiger charge is -2.05. The first-order valence-corrected chi connectivity index (χ1v) is 7.98. The number of carbonyl (C=O) groups is 1. The lowest BCUT2D eigenvalue weighted by Crippen LogP contribution is -2.29. The van der Waals surface area contributed by atoms with Gasteiger partial charge in [0, 0.05) is 16.1 Å². The number of rotatable bonds is 4. The first-order chi connectivity index (χ1) is 11.5. The molecule has 0 bridgehead atoms. The molecule has 2 aromatic carbocycles. The Hall–Kier alpha value is -2.48. The van der Waals surface area contributed by atoms with Crippen LogP contribution in [0.4, 0.5) is 10.1 Å². The maximum absolute atomic E-state index is 13.8. The highest BCUT2D eigenvalue weighted by molar-refractivity contribution is 7.17. The fraction of sp³-hybridized carbons (Fsp3) is 0. The van der Waals surface area contributed by atoms with Crippen LogP contribution in [-0.2, 0) is 0 Å². The number of nitrogens with one attached hydrogen (secondary N) is 1. The monoisotopic (exact) mass is 341 g/mol. The van der Waals surface area contributed by atoms with Gasteiger partial charge in [-0.1, -0.05) is 30.3 Å². The molecule has 3 aromatic rings. The van der Waals surface area contributed by atoms with Crippen molar-refractivity contribution in [3.8, 4) is 10.4 Å². The van der Waals surface area contributed by atoms with Gasteiger partial charge < -0.3 is 15.4 Å². The molecule has 0 aliphatic rings. The number of amides is 1. The highest BCUT2D eigenvalue weighted by Gasteiger charge is 2.14. The normalized spacial score (nSPS) is 10.5. The number of halogens is 1. The van der Waals surface area contributed by atoms with Gasteiger partial charge in [-0.05, 0) is 35.8 Å². The first kappa shape index (κ1) is 16.4. The van der Waals surface area contributed by atoms with Gasteiger partial charge in [-0.3, -0.25) is 4.79 Å². The van der Waals surface area contributed by atoms with E-state index in [-0.39, 0.29) is 11.7 Å². The number of anilines is 1. The van der Waals surface area contributed by atoms with Crippen LogP contribution in [0.5, 0.6) is 0 Å². The largest absolute Gasteiger partial charge is 0.488 e. The second kappa shape index (κ2) is 6.96. The summed E-state index contributed by atoms with van der Waals surface area (Å²) in [5.74, 6) is -0.635. The summed E-state index contributed by atoms with van der Waals surface area (Å²) in [6, 6.07) is 16.0. The van der Waals surface area contributed by atoms with Crippen molar-refractivity contribution in [3.63, 3.8) is 0 Å². The Kier molecular flexibility index (Phi) is 4.75. The molecule has 0 saturated carbocycles. The lowest BCUT2D eigenvalue weighted by molar-refractivity contribution is 0.103. The van der Waals surface area contributed by atoms with Gasteiger partial charge in [0.2, 0.25) is 0 Å². The maximum atomic E-state index is 13.8. The first-order valence-electron chi connectivity index (χ1n) is 7.17. The Bertz CT molecular complexity index is 864. The second-order valence-corrected chi connectivity index (χ2v) is 6.18. The number of hydrogen-bond donors (Lipinski definition) is 3. The van der Waals surface area contributed by atoms with Crippen molar-refractivity contribution in [2.45, 2.75) is 0 Å². The topological polar surface area (TPSA) is 69.6 Å². The third-order valence-corrected chi connectivity index (χ3v) is 4.55. The Labute approximate surface area is 142 Å². The average molecular weight is 341 g/mol. The highest BCUT2D eigenvalue weighted by atomic mass is 32.1. The summed E-state index contributed by atoms with van der Waals surface area (Å²) < 4.78 is 13.8. The molecular formula is C17H13BFNO3S. The van der Waals surface area contributed by atoms with Crippen LogP contribution in [0.15, 0.2) is 60.7 Å². The van der Waals surface area contributed by atoms with E-state index in [4.69, 9.17) is 10.0 Å². The molecule has 0 aliphatic heterocycles. The van der Waals surface area contributed by atoms with Gasteiger partial charge in [-0.15, -0.1) is 11.3 Å². The maximum Gasteiger partial charge on any atom is 0.488 e. The molecule has 1 aromatic heterocycles. The molecule has 120 valence electrons. The van der Waals surface area contributed by atoms with Crippen LogP contribution in [0, 0.1) is 5.82 Å². The summed E-state index contributed by atoms with van der Waals surface area (Å²) in [5.41, 5.74) is 1.33. The Balaban J connectivity index is 1.75. The molecule has 4 nitrogen and oxygen atoms in total. The molecule has 1 amide bonds. The highest BCUT2D eigenvalue weighted by Crippen LogP contribution is 2.30. The van der Waals surface area contributed by atoms with Gasteiger partial charge in [-0.2, -0.15) is 0 Å². The predicted octanol–water partition coefficient (Wildman–Crippen LogP) is 2.49. The number of carbonyl (C=O) groups excluding carboxylic acids is 1. The van der Waals surface area contributed by atoms with E-state index < -0.39 is 7.12 Å². The van der Waals surface area contributed by atoms with Crippen molar-refractivity contribution in [3.05, 3.63) is 71.4 Å². The predicted molar refractivity (Wildman–Crippen MR) is 93.9 cm³/mol. The van der Waals surface area contributed by atoms with Crippen molar-refractivity contribution in [1.82, 2.24) is 0 Å². The van der Waals surface area contributed by atoms with E-state index in [2.05, 4.69) is 5.32 Å². The van der Waals surface area contributed by atoms with Crippen molar-refractivity contribution in [2.75, 3.05) is 5.32 Å². The van der Waals surface area contributed by atoms with E-state index in [9.17, 15) is 9.18 Å². The third kappa shape index (κ3) is 3.54. The van der Waals surface area contributed by atoms with Gasteiger partial charge in [0.25, 0.3) is 5.91 Å². The molecule has 7 heteroatoms. The van der Waals surface area contributed by atoms with Gasteiger partial charge in [-0.25, -0.2) is 4.39 Å². The van der Waals surface area contributed by atoms with Gasteiger partial charge >= 0.3 is 7.12 Å². The van der Waals surface area contributed by atoms with Crippen molar-refractivity contribution >= 4 is 35.5 Å². The third-order valence-electron chi connectivity index (χ3n) is 3.44. The molecule has 0 unspecified atom stereocenters. The molecule has 0 spiro atoms. The molecule has 3 N–H and O–H groups in total. The number of benzene rings is 2. The Morgan fingerprint density at radius 1 is 1.00 bits per heavy atom. The summed E-state index contributed by atoms with van der Waals surface area (Å²) in [6.07, 6.45) is 0. The number of thiophene rings is 1. The summed E-state index contributed by atoms with van der Waals surface area (Å²) in [7, 11) is -1.55. The minimum Gasteiger partial charge on any atom is -0.423 e. The molecule has 0 saturated heterocycles. The zero-order valence-corrected chi connectivity index (χ0v) is 13.3. The Morgan fingerprint density at radius 3 is 2.38 bits per heavy atom. The van der Waals surface area contributed by atoms with E-state index in [0.717, 1.165) is 0 Å². The number of hydrogen-bond acceptors (Lipinski definition) is 4. The summed E-state index contributed by atoms with van der Waals surface area (Å²) in [4.78, 5) is 13.4. The van der Waals surface area contributed by atoms with Gasteiger partial charge in [0.05, 0.1) is 4.88 Å². The quantitative estimate of drug-likeness (QED) is 0.639. The minimum absolute atomic E-state index is 0.306. The van der Waals surface area contributed by atoms with Crippen molar-refractivity contribution in [2.24, 2.45) is 0 Å². The molecule has 24 heavy (non-hydrogen) atoms. The molecule has 1 heterocycles. The second-order valence-electron chi connectivity index (χ2n) is 5.09. The van der Waals surface area contributed by atoms with Crippen LogP contribution in [0.3, 0.4) is 0 Å². The average Bonchev–Trinajstić information content (AvgIpc) is 3.05. The minimum atomic E-state index is -1.55. The summed E-state index contributed by atoms with van der Waals surface area (Å²) in [5, 5.41) is 20.8. The molecule has 0 atom stereocenters. The van der Waals surface area contributed by atoms with E-state index in [1.807, 2.05) is 0 Å². The van der Waals surface area contributed by atoms with Crippen LogP contribution in [0.25, 0.3) is 10.4 Å². The van der Waals surface area contributed by atoms with Crippen LogP contribution in [0.1, 0.15) is 9.67 Å². The SMILES string of the molecule is O=C(Nc1ccc(B(O)O)cc1)c1ccc(-c2ccccc2F)s1. The molecule has 3 rings (SSSR count). The van der Waals surface area contributed by atoms with E-state index in [0.29, 0.717) is 26.5 Å².